The van der Waals surface area contributed by atoms with Crippen LogP contribution in [0.3, 0.4) is 0 Å². The van der Waals surface area contributed by atoms with Crippen molar-refractivity contribution < 1.29 is 14.3 Å². The van der Waals surface area contributed by atoms with Crippen LogP contribution in [0.2, 0.25) is 0 Å². The molecule has 1 amide bonds. The number of pyridine rings is 1. The third-order valence-corrected chi connectivity index (χ3v) is 5.45. The maximum atomic E-state index is 12.8. The zero-order valence-corrected chi connectivity index (χ0v) is 16.9. The second kappa shape index (κ2) is 8.55. The maximum absolute atomic E-state index is 12.8. The monoisotopic (exact) mass is 393 g/mol. The van der Waals surface area contributed by atoms with Crippen LogP contribution in [0.25, 0.3) is 11.0 Å². The van der Waals surface area contributed by atoms with Crippen molar-refractivity contribution in [2.24, 2.45) is 0 Å². The molecular weight excluding hydrogens is 366 g/mol. The van der Waals surface area contributed by atoms with Crippen LogP contribution >= 0.6 is 0 Å². The maximum Gasteiger partial charge on any atom is 0.263 e. The molecule has 1 fully saturated rings. The molecule has 29 heavy (non-hydrogen) atoms. The Hall–Kier alpha value is -3.02. The van der Waals surface area contributed by atoms with E-state index in [-0.39, 0.29) is 5.91 Å². The summed E-state index contributed by atoms with van der Waals surface area (Å²) in [6.45, 7) is 5.87. The molecule has 1 aliphatic rings. The number of hydrogen-bond donors (Lipinski definition) is 1. The van der Waals surface area contributed by atoms with Gasteiger partial charge in [-0.3, -0.25) is 9.78 Å². The number of nitrogens with one attached hydrogen (secondary N) is 1. The van der Waals surface area contributed by atoms with Crippen LogP contribution in [0.1, 0.15) is 38.3 Å². The summed E-state index contributed by atoms with van der Waals surface area (Å²) in [5.41, 5.74) is 3.28. The Labute approximate surface area is 170 Å². The highest BCUT2D eigenvalue weighted by molar-refractivity contribution is 5.81. The van der Waals surface area contributed by atoms with Gasteiger partial charge in [-0.05, 0) is 69.2 Å². The summed E-state index contributed by atoms with van der Waals surface area (Å²) < 4.78 is 11.3. The molecule has 6 heteroatoms. The number of fused-ring (bicyclic) bond motifs is 1. The van der Waals surface area contributed by atoms with Crippen molar-refractivity contribution >= 4 is 16.9 Å². The lowest BCUT2D eigenvalue weighted by atomic mass is 9.93. The molecular formula is C23H27N3O3. The van der Waals surface area contributed by atoms with Crippen LogP contribution in [0.4, 0.5) is 0 Å². The standard InChI is InChI=1S/C23H27N3O3/c1-3-28-18-6-8-19(9-7-18)29-16(2)23(27)26-13-10-17(11-14-26)21-15-22-20(25-21)5-4-12-24-22/h4-9,12,15-17,25H,3,10-11,13-14H2,1-2H3/t16-/m1/s1. The van der Waals surface area contributed by atoms with Gasteiger partial charge in [0.05, 0.1) is 17.6 Å². The number of rotatable bonds is 6. The molecule has 4 rings (SSSR count). The van der Waals surface area contributed by atoms with Crippen LogP contribution < -0.4 is 9.47 Å². The van der Waals surface area contributed by atoms with Gasteiger partial charge in [-0.15, -0.1) is 0 Å². The number of carbonyl (C=O) groups excluding carboxylic acids is 1. The SMILES string of the molecule is CCOc1ccc(O[C@H](C)C(=O)N2CCC(c3cc4ncccc4[nH]3)CC2)cc1. The number of H-pyrrole nitrogens is 1. The van der Waals surface area contributed by atoms with E-state index in [1.807, 2.05) is 61.3 Å². The van der Waals surface area contributed by atoms with E-state index in [2.05, 4.69) is 16.0 Å². The van der Waals surface area contributed by atoms with Crippen molar-refractivity contribution in [2.75, 3.05) is 19.7 Å². The summed E-state index contributed by atoms with van der Waals surface area (Å²) in [5, 5.41) is 0. The molecule has 0 spiro atoms. The van der Waals surface area contributed by atoms with Crippen LogP contribution in [0.15, 0.2) is 48.7 Å². The summed E-state index contributed by atoms with van der Waals surface area (Å²) in [6.07, 6.45) is 3.18. The van der Waals surface area contributed by atoms with Crippen molar-refractivity contribution in [3.8, 4) is 11.5 Å². The number of piperidine rings is 1. The van der Waals surface area contributed by atoms with Crippen LogP contribution in [0.5, 0.6) is 11.5 Å². The highest BCUT2D eigenvalue weighted by Gasteiger charge is 2.28. The molecule has 152 valence electrons. The minimum absolute atomic E-state index is 0.0376. The van der Waals surface area contributed by atoms with E-state index in [0.717, 1.165) is 42.7 Å². The highest BCUT2D eigenvalue weighted by atomic mass is 16.5. The summed E-state index contributed by atoms with van der Waals surface area (Å²) in [6, 6.07) is 13.5. The Morgan fingerprint density at radius 3 is 2.62 bits per heavy atom. The quantitative estimate of drug-likeness (QED) is 0.684. The number of benzene rings is 1. The zero-order valence-electron chi connectivity index (χ0n) is 16.9. The molecule has 3 heterocycles. The van der Waals surface area contributed by atoms with Gasteiger partial charge in [-0.2, -0.15) is 0 Å². The molecule has 1 atom stereocenters. The Morgan fingerprint density at radius 2 is 1.93 bits per heavy atom. The predicted molar refractivity (Wildman–Crippen MR) is 112 cm³/mol. The number of nitrogens with zero attached hydrogens (tertiary/aromatic N) is 2. The Balaban J connectivity index is 1.32. The van der Waals surface area contributed by atoms with Crippen LogP contribution in [0, 0.1) is 0 Å². The largest absolute Gasteiger partial charge is 0.494 e. The number of hydrogen-bond acceptors (Lipinski definition) is 4. The van der Waals surface area contributed by atoms with Gasteiger partial charge in [-0.1, -0.05) is 0 Å². The first kappa shape index (κ1) is 19.3. The lowest BCUT2D eigenvalue weighted by molar-refractivity contribution is -0.139. The fraction of sp³-hybridized carbons (Fsp3) is 0.391. The number of ether oxygens (including phenoxy) is 2. The number of likely N-dealkylation sites (tertiary alicyclic amines) is 1. The number of aromatic nitrogens is 2. The molecule has 2 aromatic heterocycles. The average Bonchev–Trinajstić information content (AvgIpc) is 3.19. The summed E-state index contributed by atoms with van der Waals surface area (Å²) >= 11 is 0. The fourth-order valence-electron chi connectivity index (χ4n) is 3.90. The zero-order chi connectivity index (χ0) is 20.2. The Bertz CT molecular complexity index is 926. The predicted octanol–water partition coefficient (Wildman–Crippen LogP) is 4.14. The topological polar surface area (TPSA) is 67.5 Å². The van der Waals surface area contributed by atoms with Crippen molar-refractivity contribution in [1.82, 2.24) is 14.9 Å². The van der Waals surface area contributed by atoms with Crippen molar-refractivity contribution in [3.05, 3.63) is 54.4 Å². The fourth-order valence-corrected chi connectivity index (χ4v) is 3.90. The lowest BCUT2D eigenvalue weighted by Crippen LogP contribution is -2.44. The van der Waals surface area contributed by atoms with E-state index < -0.39 is 6.10 Å². The third kappa shape index (κ3) is 4.36. The number of amides is 1. The second-order valence-electron chi connectivity index (χ2n) is 7.42. The molecule has 3 aromatic rings. The molecule has 0 bridgehead atoms. The van der Waals surface area contributed by atoms with Gasteiger partial charge in [0, 0.05) is 30.9 Å². The molecule has 0 saturated carbocycles. The first-order chi connectivity index (χ1) is 14.1. The van der Waals surface area contributed by atoms with Crippen molar-refractivity contribution in [1.29, 1.82) is 0 Å². The number of carbonyl (C=O) groups is 1. The van der Waals surface area contributed by atoms with E-state index in [4.69, 9.17) is 9.47 Å². The summed E-state index contributed by atoms with van der Waals surface area (Å²) in [5.74, 6) is 1.94. The van der Waals surface area contributed by atoms with Gasteiger partial charge in [0.15, 0.2) is 6.10 Å². The average molecular weight is 393 g/mol. The number of aromatic amines is 1. The minimum atomic E-state index is -0.512. The van der Waals surface area contributed by atoms with E-state index in [1.54, 1.807) is 0 Å². The Kier molecular flexibility index (Phi) is 5.69. The van der Waals surface area contributed by atoms with Gasteiger partial charge in [0.25, 0.3) is 5.91 Å². The van der Waals surface area contributed by atoms with Gasteiger partial charge >= 0.3 is 0 Å². The van der Waals surface area contributed by atoms with E-state index in [1.165, 1.54) is 5.69 Å². The third-order valence-electron chi connectivity index (χ3n) is 5.45. The highest BCUT2D eigenvalue weighted by Crippen LogP contribution is 2.30. The smallest absolute Gasteiger partial charge is 0.263 e. The van der Waals surface area contributed by atoms with Crippen molar-refractivity contribution in [3.63, 3.8) is 0 Å². The molecule has 0 unspecified atom stereocenters. The molecule has 0 aliphatic carbocycles. The van der Waals surface area contributed by atoms with Crippen LogP contribution in [-0.2, 0) is 4.79 Å². The first-order valence-corrected chi connectivity index (χ1v) is 10.3. The van der Waals surface area contributed by atoms with Crippen molar-refractivity contribution in [2.45, 2.75) is 38.7 Å². The molecule has 1 N–H and O–H groups in total. The van der Waals surface area contributed by atoms with E-state index in [9.17, 15) is 4.79 Å². The second-order valence-corrected chi connectivity index (χ2v) is 7.42. The van der Waals surface area contributed by atoms with E-state index >= 15 is 0 Å². The Morgan fingerprint density at radius 1 is 1.21 bits per heavy atom. The van der Waals surface area contributed by atoms with E-state index in [0.29, 0.717) is 18.3 Å². The molecule has 0 radical (unpaired) electrons. The van der Waals surface area contributed by atoms with Gasteiger partial charge < -0.3 is 19.4 Å². The molecule has 1 saturated heterocycles. The van der Waals surface area contributed by atoms with Crippen LogP contribution in [-0.4, -0.2) is 46.6 Å². The molecule has 1 aliphatic heterocycles. The minimum Gasteiger partial charge on any atom is -0.494 e. The molecule has 1 aromatic carbocycles. The lowest BCUT2D eigenvalue weighted by Gasteiger charge is -2.33. The first-order valence-electron chi connectivity index (χ1n) is 10.3. The van der Waals surface area contributed by atoms with Gasteiger partial charge in [0.2, 0.25) is 0 Å². The van der Waals surface area contributed by atoms with Gasteiger partial charge in [-0.25, -0.2) is 0 Å². The summed E-state index contributed by atoms with van der Waals surface area (Å²) in [4.78, 5) is 22.6. The summed E-state index contributed by atoms with van der Waals surface area (Å²) in [7, 11) is 0. The van der Waals surface area contributed by atoms with Gasteiger partial charge in [0.1, 0.15) is 11.5 Å². The normalized spacial score (nSPS) is 16.0. The molecule has 6 nitrogen and oxygen atoms in total.